The Morgan fingerprint density at radius 1 is 1.19 bits per heavy atom. The molecule has 0 aliphatic rings. The Morgan fingerprint density at radius 3 is 2.38 bits per heavy atom. The van der Waals surface area contributed by atoms with Crippen molar-refractivity contribution < 1.29 is 0 Å². The lowest BCUT2D eigenvalue weighted by molar-refractivity contribution is 0.560. The largest absolute Gasteiger partial charge is 0.381 e. The summed E-state index contributed by atoms with van der Waals surface area (Å²) in [5.74, 6) is 0.639. The van der Waals surface area contributed by atoms with E-state index in [4.69, 9.17) is 0 Å². The Balaban J connectivity index is 2.86. The fourth-order valence-electron chi connectivity index (χ4n) is 1.51. The summed E-state index contributed by atoms with van der Waals surface area (Å²) in [6.07, 6.45) is 0. The summed E-state index contributed by atoms with van der Waals surface area (Å²) in [6.45, 7) is 9.90. The molecule has 0 aromatic heterocycles. The molecule has 0 spiro atoms. The van der Waals surface area contributed by atoms with Gasteiger partial charge in [-0.3, -0.25) is 0 Å². The summed E-state index contributed by atoms with van der Waals surface area (Å²) in [4.78, 5) is 2.26. The Morgan fingerprint density at radius 2 is 1.81 bits per heavy atom. The molecule has 2 nitrogen and oxygen atoms in total. The van der Waals surface area contributed by atoms with Crippen molar-refractivity contribution in [1.29, 1.82) is 0 Å². The third kappa shape index (κ3) is 3.16. The van der Waals surface area contributed by atoms with Gasteiger partial charge in [-0.05, 0) is 31.9 Å². The van der Waals surface area contributed by atoms with Crippen LogP contribution >= 0.6 is 0 Å². The third-order valence-electron chi connectivity index (χ3n) is 3.17. The third-order valence-corrected chi connectivity index (χ3v) is 3.17. The Kier molecular flexibility index (Phi) is 4.66. The fraction of sp³-hybridized carbons (Fsp3) is 0.571. The summed E-state index contributed by atoms with van der Waals surface area (Å²) in [5, 5.41) is 3.58. The van der Waals surface area contributed by atoms with Crippen molar-refractivity contribution in [3.63, 3.8) is 0 Å². The standard InChI is InChI=1S/C14H24N2/c1-6-16(5)14-10-8-7-9-13(14)15-12(4)11(2)3/h7-12,15H,6H2,1-5H3. The monoisotopic (exact) mass is 220 g/mol. The first-order chi connectivity index (χ1) is 7.56. The molecule has 16 heavy (non-hydrogen) atoms. The molecule has 0 heterocycles. The van der Waals surface area contributed by atoms with Crippen molar-refractivity contribution in [3.05, 3.63) is 24.3 Å². The van der Waals surface area contributed by atoms with Crippen LogP contribution < -0.4 is 10.2 Å². The molecule has 0 saturated heterocycles. The molecule has 0 bridgehead atoms. The van der Waals surface area contributed by atoms with Crippen molar-refractivity contribution in [2.24, 2.45) is 5.92 Å². The van der Waals surface area contributed by atoms with Crippen molar-refractivity contribution >= 4 is 11.4 Å². The van der Waals surface area contributed by atoms with Gasteiger partial charge in [0, 0.05) is 19.6 Å². The molecule has 1 aromatic rings. The van der Waals surface area contributed by atoms with E-state index >= 15 is 0 Å². The minimum Gasteiger partial charge on any atom is -0.381 e. The maximum atomic E-state index is 3.58. The number of hydrogen-bond acceptors (Lipinski definition) is 2. The van der Waals surface area contributed by atoms with Gasteiger partial charge in [0.05, 0.1) is 11.4 Å². The highest BCUT2D eigenvalue weighted by atomic mass is 15.1. The minimum absolute atomic E-state index is 0.492. The van der Waals surface area contributed by atoms with Gasteiger partial charge in [-0.1, -0.05) is 26.0 Å². The lowest BCUT2D eigenvalue weighted by Gasteiger charge is -2.25. The Bertz CT molecular complexity index is 320. The van der Waals surface area contributed by atoms with Crippen LogP contribution in [0.4, 0.5) is 11.4 Å². The van der Waals surface area contributed by atoms with Crippen LogP contribution in [0, 0.1) is 5.92 Å². The van der Waals surface area contributed by atoms with E-state index in [1.807, 2.05) is 0 Å². The molecule has 0 fully saturated rings. The number of benzene rings is 1. The van der Waals surface area contributed by atoms with Crippen LogP contribution in [0.5, 0.6) is 0 Å². The van der Waals surface area contributed by atoms with E-state index in [2.05, 4.69) is 69.2 Å². The topological polar surface area (TPSA) is 15.3 Å². The fourth-order valence-corrected chi connectivity index (χ4v) is 1.51. The van der Waals surface area contributed by atoms with Crippen molar-refractivity contribution in [1.82, 2.24) is 0 Å². The van der Waals surface area contributed by atoms with Gasteiger partial charge in [-0.15, -0.1) is 0 Å². The molecule has 0 aliphatic carbocycles. The lowest BCUT2D eigenvalue weighted by atomic mass is 10.1. The van der Waals surface area contributed by atoms with E-state index in [-0.39, 0.29) is 0 Å². The van der Waals surface area contributed by atoms with Gasteiger partial charge in [0.15, 0.2) is 0 Å². The van der Waals surface area contributed by atoms with Gasteiger partial charge in [0.2, 0.25) is 0 Å². The summed E-state index contributed by atoms with van der Waals surface area (Å²) in [6, 6.07) is 8.99. The van der Waals surface area contributed by atoms with Crippen LogP contribution in [0.1, 0.15) is 27.7 Å². The number of anilines is 2. The van der Waals surface area contributed by atoms with Crippen LogP contribution in [-0.4, -0.2) is 19.6 Å². The molecule has 1 aromatic carbocycles. The molecule has 0 saturated carbocycles. The average molecular weight is 220 g/mol. The highest BCUT2D eigenvalue weighted by Gasteiger charge is 2.10. The van der Waals surface area contributed by atoms with Gasteiger partial charge in [-0.2, -0.15) is 0 Å². The second kappa shape index (κ2) is 5.78. The van der Waals surface area contributed by atoms with Gasteiger partial charge in [0.25, 0.3) is 0 Å². The summed E-state index contributed by atoms with van der Waals surface area (Å²) in [7, 11) is 2.13. The smallest absolute Gasteiger partial charge is 0.0599 e. The van der Waals surface area contributed by atoms with Crippen molar-refractivity contribution in [3.8, 4) is 0 Å². The number of nitrogens with one attached hydrogen (secondary N) is 1. The van der Waals surface area contributed by atoms with Crippen LogP contribution in [0.3, 0.4) is 0 Å². The molecule has 1 atom stereocenters. The van der Waals surface area contributed by atoms with Crippen LogP contribution in [0.15, 0.2) is 24.3 Å². The number of rotatable bonds is 5. The van der Waals surface area contributed by atoms with Gasteiger partial charge in [0.1, 0.15) is 0 Å². The maximum Gasteiger partial charge on any atom is 0.0599 e. The van der Waals surface area contributed by atoms with E-state index in [1.165, 1.54) is 11.4 Å². The Hall–Kier alpha value is -1.18. The molecule has 1 unspecified atom stereocenters. The molecule has 90 valence electrons. The molecule has 0 radical (unpaired) electrons. The highest BCUT2D eigenvalue weighted by Crippen LogP contribution is 2.25. The molecular formula is C14H24N2. The SMILES string of the molecule is CCN(C)c1ccccc1NC(C)C(C)C. The van der Waals surface area contributed by atoms with Gasteiger partial charge < -0.3 is 10.2 Å². The molecule has 0 amide bonds. The second-order valence-corrected chi connectivity index (χ2v) is 4.71. The Labute approximate surface area is 99.7 Å². The normalized spacial score (nSPS) is 12.6. The van der Waals surface area contributed by atoms with E-state index in [1.54, 1.807) is 0 Å². The summed E-state index contributed by atoms with van der Waals surface area (Å²) in [5.41, 5.74) is 2.51. The first-order valence-corrected chi connectivity index (χ1v) is 6.13. The zero-order chi connectivity index (χ0) is 12.1. The van der Waals surface area contributed by atoms with E-state index in [9.17, 15) is 0 Å². The summed E-state index contributed by atoms with van der Waals surface area (Å²) < 4.78 is 0. The predicted octanol–water partition coefficient (Wildman–Crippen LogP) is 3.60. The highest BCUT2D eigenvalue weighted by molar-refractivity contribution is 5.69. The maximum absolute atomic E-state index is 3.58. The lowest BCUT2D eigenvalue weighted by Crippen LogP contribution is -2.24. The second-order valence-electron chi connectivity index (χ2n) is 4.71. The number of nitrogens with zero attached hydrogens (tertiary/aromatic N) is 1. The summed E-state index contributed by atoms with van der Waals surface area (Å²) >= 11 is 0. The van der Waals surface area contributed by atoms with Crippen molar-refractivity contribution in [2.75, 3.05) is 23.8 Å². The molecule has 2 heteroatoms. The predicted molar refractivity (Wildman–Crippen MR) is 73.3 cm³/mol. The van der Waals surface area contributed by atoms with Crippen LogP contribution in [0.25, 0.3) is 0 Å². The van der Waals surface area contributed by atoms with E-state index < -0.39 is 0 Å². The molecule has 0 aliphatic heterocycles. The molecule has 1 N–H and O–H groups in total. The molecule has 1 rings (SSSR count). The van der Waals surface area contributed by atoms with Crippen LogP contribution in [-0.2, 0) is 0 Å². The van der Waals surface area contributed by atoms with Gasteiger partial charge in [-0.25, -0.2) is 0 Å². The zero-order valence-electron chi connectivity index (χ0n) is 11.1. The number of hydrogen-bond donors (Lipinski definition) is 1. The van der Waals surface area contributed by atoms with E-state index in [0.717, 1.165) is 6.54 Å². The average Bonchev–Trinajstić information content (AvgIpc) is 2.28. The minimum atomic E-state index is 0.492. The zero-order valence-corrected chi connectivity index (χ0v) is 11.1. The molecular weight excluding hydrogens is 196 g/mol. The van der Waals surface area contributed by atoms with Crippen molar-refractivity contribution in [2.45, 2.75) is 33.7 Å². The van der Waals surface area contributed by atoms with Crippen LogP contribution in [0.2, 0.25) is 0 Å². The van der Waals surface area contributed by atoms with Gasteiger partial charge >= 0.3 is 0 Å². The van der Waals surface area contributed by atoms with E-state index in [0.29, 0.717) is 12.0 Å². The quantitative estimate of drug-likeness (QED) is 0.815. The first kappa shape index (κ1) is 12.9. The number of para-hydroxylation sites is 2. The first-order valence-electron chi connectivity index (χ1n) is 6.13.